The van der Waals surface area contributed by atoms with Gasteiger partial charge in [-0.15, -0.1) is 0 Å². The normalized spacial score (nSPS) is 11.1. The van der Waals surface area contributed by atoms with Gasteiger partial charge in [0, 0.05) is 34.3 Å². The molecule has 0 radical (unpaired) electrons. The summed E-state index contributed by atoms with van der Waals surface area (Å²) < 4.78 is 5.75. The Labute approximate surface area is 346 Å². The number of nitrogens with one attached hydrogen (secondary N) is 5. The number of aromatic hydroxyl groups is 1. The molecule has 6 amide bonds. The Morgan fingerprint density at radius 1 is 0.656 bits per heavy atom. The number of hydrogen-bond acceptors (Lipinski definition) is 11. The average Bonchev–Trinajstić information content (AvgIpc) is 3.22. The van der Waals surface area contributed by atoms with E-state index in [0.717, 1.165) is 0 Å². The van der Waals surface area contributed by atoms with E-state index in [0.29, 0.717) is 0 Å². The lowest BCUT2D eigenvalue weighted by Crippen LogP contribution is -2.46. The zero-order valence-electron chi connectivity index (χ0n) is 32.3. The number of carboxylic acid groups (broad SMARTS) is 1. The van der Waals surface area contributed by atoms with Crippen molar-refractivity contribution >= 4 is 69.8 Å². The highest BCUT2D eigenvalue weighted by atomic mass is 16.6. The van der Waals surface area contributed by atoms with Gasteiger partial charge in [0.05, 0.1) is 34.3 Å². The van der Waals surface area contributed by atoms with Crippen LogP contribution in [0.1, 0.15) is 72.1 Å². The van der Waals surface area contributed by atoms with Crippen molar-refractivity contribution in [1.29, 1.82) is 0 Å². The molecule has 0 unspecified atom stereocenters. The van der Waals surface area contributed by atoms with Gasteiger partial charge in [-0.3, -0.25) is 38.9 Å². The van der Waals surface area contributed by atoms with Crippen molar-refractivity contribution in [3.8, 4) is 11.5 Å². The molecule has 5 rings (SSSR count). The van der Waals surface area contributed by atoms with Crippen LogP contribution in [-0.2, 0) is 9.59 Å². The van der Waals surface area contributed by atoms with E-state index < -0.39 is 70.7 Å². The molecular weight excluding hydrogens is 794 g/mol. The summed E-state index contributed by atoms with van der Waals surface area (Å²) in [5.41, 5.74) is 5.44. The molecule has 9 N–H and O–H groups in total. The van der Waals surface area contributed by atoms with Gasteiger partial charge in [-0.05, 0) is 105 Å². The number of aromatic carboxylic acids is 1. The molecule has 0 bridgehead atoms. The summed E-state index contributed by atoms with van der Waals surface area (Å²) in [6.45, 7) is 3.34. The van der Waals surface area contributed by atoms with E-state index in [-0.39, 0.29) is 62.0 Å². The topological polar surface area (TPSA) is 298 Å². The number of phenolic OH excluding ortho intramolecular Hbond substituents is 1. The second kappa shape index (κ2) is 19.2. The molecule has 19 nitrogen and oxygen atoms in total. The zero-order valence-corrected chi connectivity index (χ0v) is 32.3. The summed E-state index contributed by atoms with van der Waals surface area (Å²) in [4.78, 5) is 98.9. The predicted octanol–water partition coefficient (Wildman–Crippen LogP) is 5.16. The lowest BCUT2D eigenvalue weighted by Gasteiger charge is -2.19. The average molecular weight is 832 g/mol. The SMILES string of the molecule is CC(C)Oc1c(NC(=O)c2ccc(NC(=O)[C@H](CC(N)=O)NC(=O)c3ccc(NC(=O)c4ccccc4[N+](=O)[O-])cc3)cc2)ccc(C(=O)Nc2ccc(C(=O)O)cc2)c1O. The number of ether oxygens (including phenoxy) is 1. The summed E-state index contributed by atoms with van der Waals surface area (Å²) in [5.74, 6) is -6.52. The maximum absolute atomic E-state index is 13.3. The van der Waals surface area contributed by atoms with Crippen molar-refractivity contribution < 1.29 is 53.4 Å². The molecule has 0 aromatic heterocycles. The highest BCUT2D eigenvalue weighted by Gasteiger charge is 2.26. The molecule has 5 aromatic carbocycles. The number of nitro groups is 1. The molecule has 0 fully saturated rings. The number of carboxylic acids is 1. The molecule has 5 aromatic rings. The van der Waals surface area contributed by atoms with Crippen LogP contribution < -0.4 is 37.1 Å². The number of hydrogen-bond donors (Lipinski definition) is 8. The number of para-hydroxylation sites is 1. The van der Waals surface area contributed by atoms with Gasteiger partial charge in [0.25, 0.3) is 29.3 Å². The predicted molar refractivity (Wildman–Crippen MR) is 221 cm³/mol. The molecule has 0 heterocycles. The van der Waals surface area contributed by atoms with Crippen LogP contribution in [0.4, 0.5) is 28.4 Å². The first-order valence-corrected chi connectivity index (χ1v) is 18.1. The smallest absolute Gasteiger partial charge is 0.335 e. The van der Waals surface area contributed by atoms with E-state index in [1.807, 2.05) is 0 Å². The zero-order chi connectivity index (χ0) is 44.4. The van der Waals surface area contributed by atoms with Gasteiger partial charge in [0.2, 0.25) is 11.8 Å². The van der Waals surface area contributed by atoms with Crippen LogP contribution in [0, 0.1) is 10.1 Å². The largest absolute Gasteiger partial charge is 0.504 e. The van der Waals surface area contributed by atoms with Gasteiger partial charge in [-0.2, -0.15) is 0 Å². The second-order valence-corrected chi connectivity index (χ2v) is 13.4. The van der Waals surface area contributed by atoms with Crippen molar-refractivity contribution in [3.05, 3.63) is 147 Å². The number of nitro benzene ring substituents is 1. The molecular formula is C42H37N7O12. The molecule has 19 heteroatoms. The number of carbonyl (C=O) groups is 7. The van der Waals surface area contributed by atoms with Gasteiger partial charge in [0.1, 0.15) is 11.6 Å². The lowest BCUT2D eigenvalue weighted by molar-refractivity contribution is -0.385. The van der Waals surface area contributed by atoms with E-state index in [1.165, 1.54) is 109 Å². The Hall–Kier alpha value is -8.61. The van der Waals surface area contributed by atoms with Crippen LogP contribution in [0.5, 0.6) is 11.5 Å². The first-order chi connectivity index (χ1) is 29.0. The monoisotopic (exact) mass is 831 g/mol. The molecule has 0 aliphatic rings. The van der Waals surface area contributed by atoms with Crippen LogP contribution in [0.2, 0.25) is 0 Å². The lowest BCUT2D eigenvalue weighted by atomic mass is 10.1. The summed E-state index contributed by atoms with van der Waals surface area (Å²) in [6, 6.07) is 22.8. The van der Waals surface area contributed by atoms with Crippen LogP contribution >= 0.6 is 0 Å². The maximum Gasteiger partial charge on any atom is 0.335 e. The minimum absolute atomic E-state index is 0.0132. The Morgan fingerprint density at radius 3 is 1.69 bits per heavy atom. The molecule has 1 atom stereocenters. The molecule has 312 valence electrons. The molecule has 0 spiro atoms. The number of amides is 6. The first kappa shape index (κ1) is 43.5. The Balaban J connectivity index is 1.22. The van der Waals surface area contributed by atoms with Gasteiger partial charge >= 0.3 is 5.97 Å². The van der Waals surface area contributed by atoms with Gasteiger partial charge in [0.15, 0.2) is 11.5 Å². The highest BCUT2D eigenvalue weighted by Crippen LogP contribution is 2.39. The maximum atomic E-state index is 13.3. The molecule has 0 saturated carbocycles. The van der Waals surface area contributed by atoms with E-state index in [2.05, 4.69) is 26.6 Å². The van der Waals surface area contributed by atoms with E-state index in [4.69, 9.17) is 15.6 Å². The van der Waals surface area contributed by atoms with Crippen molar-refractivity contribution in [2.45, 2.75) is 32.4 Å². The number of primary amides is 1. The molecule has 0 saturated heterocycles. The molecule has 0 aliphatic carbocycles. The highest BCUT2D eigenvalue weighted by molar-refractivity contribution is 6.10. The first-order valence-electron chi connectivity index (χ1n) is 18.1. The summed E-state index contributed by atoms with van der Waals surface area (Å²) in [7, 11) is 0. The number of benzene rings is 5. The summed E-state index contributed by atoms with van der Waals surface area (Å²) in [5, 5.41) is 44.2. The number of carbonyl (C=O) groups excluding carboxylic acids is 6. The quantitative estimate of drug-likeness (QED) is 0.0473. The van der Waals surface area contributed by atoms with Crippen LogP contribution in [-0.4, -0.2) is 68.7 Å². The van der Waals surface area contributed by atoms with E-state index in [9.17, 15) is 48.8 Å². The second-order valence-electron chi connectivity index (χ2n) is 13.4. The van der Waals surface area contributed by atoms with Crippen LogP contribution in [0.3, 0.4) is 0 Å². The summed E-state index contributed by atoms with van der Waals surface area (Å²) in [6.07, 6.45) is -1.07. The Morgan fingerprint density at radius 2 is 1.16 bits per heavy atom. The number of rotatable bonds is 16. The van der Waals surface area contributed by atoms with Crippen molar-refractivity contribution in [2.75, 3.05) is 21.3 Å². The minimum Gasteiger partial charge on any atom is -0.504 e. The Kier molecular flexibility index (Phi) is 13.7. The molecule has 0 aliphatic heterocycles. The van der Waals surface area contributed by atoms with Gasteiger partial charge < -0.3 is 47.3 Å². The fourth-order valence-electron chi connectivity index (χ4n) is 5.61. The molecule has 61 heavy (non-hydrogen) atoms. The van der Waals surface area contributed by atoms with Crippen LogP contribution in [0.25, 0.3) is 0 Å². The van der Waals surface area contributed by atoms with E-state index >= 15 is 0 Å². The number of anilines is 4. The van der Waals surface area contributed by atoms with Gasteiger partial charge in [-0.1, -0.05) is 12.1 Å². The van der Waals surface area contributed by atoms with Crippen LogP contribution in [0.15, 0.2) is 109 Å². The Bertz CT molecular complexity index is 2520. The van der Waals surface area contributed by atoms with E-state index in [1.54, 1.807) is 13.8 Å². The third kappa shape index (κ3) is 11.3. The summed E-state index contributed by atoms with van der Waals surface area (Å²) >= 11 is 0. The minimum atomic E-state index is -1.43. The standard InChI is InChI=1S/C42H37N7O12/c1-22(2)61-36-31(20-19-30(35(36)51)40(55)45-27-17-11-25(12-18-27)42(57)58)47-37(52)23-9-15-28(16-10-23)46-41(56)32(21-34(43)50)48-38(53)24-7-13-26(14-8-24)44-39(54)29-5-3-4-6-33(29)49(59)60/h3-20,22,32,51H,21H2,1-2H3,(H2,43,50)(H,44,54)(H,45,55)(H,46,56)(H,47,52)(H,48,53)(H,57,58)/t32-/m0/s1. The fraction of sp³-hybridized carbons (Fsp3) is 0.119. The number of phenols is 1. The fourth-order valence-corrected chi connectivity index (χ4v) is 5.61. The third-order valence-electron chi connectivity index (χ3n) is 8.56. The van der Waals surface area contributed by atoms with Crippen molar-refractivity contribution in [3.63, 3.8) is 0 Å². The van der Waals surface area contributed by atoms with Gasteiger partial charge in [-0.25, -0.2) is 4.79 Å². The number of nitrogens with zero attached hydrogens (tertiary/aromatic N) is 1. The number of nitrogens with two attached hydrogens (primary N) is 1. The third-order valence-corrected chi connectivity index (χ3v) is 8.56. The van der Waals surface area contributed by atoms with Crippen molar-refractivity contribution in [1.82, 2.24) is 5.32 Å². The van der Waals surface area contributed by atoms with Crippen molar-refractivity contribution in [2.24, 2.45) is 5.73 Å².